The first kappa shape index (κ1) is 11.1. The minimum atomic E-state index is 0.362. The fraction of sp³-hybridized carbons (Fsp3) is 0.667. The number of thiophene rings is 1. The Kier molecular flexibility index (Phi) is 3.44. The molecule has 0 amide bonds. The highest BCUT2D eigenvalue weighted by molar-refractivity contribution is 7.12. The SMILES string of the molecule is Cc1ccc(C(NN)C2CCCC2C)s1. The average Bonchev–Trinajstić information content (AvgIpc) is 2.79. The van der Waals surface area contributed by atoms with E-state index in [4.69, 9.17) is 5.84 Å². The van der Waals surface area contributed by atoms with Crippen molar-refractivity contribution in [3.05, 3.63) is 21.9 Å². The van der Waals surface area contributed by atoms with Crippen LogP contribution in [0.4, 0.5) is 0 Å². The molecule has 0 spiro atoms. The molecule has 3 heteroatoms. The Morgan fingerprint density at radius 2 is 2.27 bits per heavy atom. The van der Waals surface area contributed by atoms with Crippen LogP contribution >= 0.6 is 11.3 Å². The quantitative estimate of drug-likeness (QED) is 0.612. The van der Waals surface area contributed by atoms with Gasteiger partial charge in [0, 0.05) is 9.75 Å². The monoisotopic (exact) mass is 224 g/mol. The van der Waals surface area contributed by atoms with Gasteiger partial charge in [-0.1, -0.05) is 19.8 Å². The van der Waals surface area contributed by atoms with E-state index in [0.717, 1.165) is 5.92 Å². The molecule has 0 radical (unpaired) electrons. The Bertz CT molecular complexity index is 321. The maximum Gasteiger partial charge on any atom is 0.0584 e. The first-order chi connectivity index (χ1) is 7.22. The molecular weight excluding hydrogens is 204 g/mol. The van der Waals surface area contributed by atoms with Gasteiger partial charge in [-0.05, 0) is 37.3 Å². The third kappa shape index (κ3) is 2.25. The highest BCUT2D eigenvalue weighted by Gasteiger charge is 2.31. The van der Waals surface area contributed by atoms with Gasteiger partial charge < -0.3 is 0 Å². The molecule has 1 saturated carbocycles. The fourth-order valence-electron chi connectivity index (χ4n) is 2.71. The molecule has 0 saturated heterocycles. The predicted molar refractivity (Wildman–Crippen MR) is 65.6 cm³/mol. The highest BCUT2D eigenvalue weighted by Crippen LogP contribution is 2.41. The normalized spacial score (nSPS) is 28.2. The smallest absolute Gasteiger partial charge is 0.0584 e. The lowest BCUT2D eigenvalue weighted by Crippen LogP contribution is -2.34. The lowest BCUT2D eigenvalue weighted by Gasteiger charge is -2.25. The van der Waals surface area contributed by atoms with E-state index in [0.29, 0.717) is 12.0 Å². The summed E-state index contributed by atoms with van der Waals surface area (Å²) < 4.78 is 0. The second kappa shape index (κ2) is 4.64. The molecule has 2 nitrogen and oxygen atoms in total. The van der Waals surface area contributed by atoms with E-state index in [2.05, 4.69) is 31.4 Å². The van der Waals surface area contributed by atoms with Gasteiger partial charge in [-0.25, -0.2) is 0 Å². The minimum Gasteiger partial charge on any atom is -0.271 e. The molecule has 1 fully saturated rings. The van der Waals surface area contributed by atoms with Crippen LogP contribution < -0.4 is 11.3 Å². The van der Waals surface area contributed by atoms with Gasteiger partial charge in [0.25, 0.3) is 0 Å². The van der Waals surface area contributed by atoms with E-state index < -0.39 is 0 Å². The third-order valence-electron chi connectivity index (χ3n) is 3.60. The third-order valence-corrected chi connectivity index (χ3v) is 4.69. The summed E-state index contributed by atoms with van der Waals surface area (Å²) in [5, 5.41) is 0. The van der Waals surface area contributed by atoms with Crippen molar-refractivity contribution in [3.8, 4) is 0 Å². The molecule has 0 aromatic carbocycles. The molecule has 0 bridgehead atoms. The Morgan fingerprint density at radius 1 is 1.47 bits per heavy atom. The summed E-state index contributed by atoms with van der Waals surface area (Å²) >= 11 is 1.87. The first-order valence-corrected chi connectivity index (χ1v) is 6.56. The van der Waals surface area contributed by atoms with Crippen LogP contribution in [-0.2, 0) is 0 Å². The zero-order valence-electron chi connectivity index (χ0n) is 9.49. The van der Waals surface area contributed by atoms with Crippen LogP contribution in [-0.4, -0.2) is 0 Å². The number of hydrazine groups is 1. The van der Waals surface area contributed by atoms with Crippen LogP contribution in [0.15, 0.2) is 12.1 Å². The van der Waals surface area contributed by atoms with Gasteiger partial charge in [-0.15, -0.1) is 11.3 Å². The van der Waals surface area contributed by atoms with Gasteiger partial charge >= 0.3 is 0 Å². The summed E-state index contributed by atoms with van der Waals surface area (Å²) in [6.07, 6.45) is 4.02. The van der Waals surface area contributed by atoms with E-state index in [1.165, 1.54) is 29.0 Å². The fourth-order valence-corrected chi connectivity index (χ4v) is 3.72. The van der Waals surface area contributed by atoms with Gasteiger partial charge in [-0.2, -0.15) is 0 Å². The highest BCUT2D eigenvalue weighted by atomic mass is 32.1. The predicted octanol–water partition coefficient (Wildman–Crippen LogP) is 3.00. The van der Waals surface area contributed by atoms with Crippen LogP contribution in [0.2, 0.25) is 0 Å². The number of hydrogen-bond acceptors (Lipinski definition) is 3. The van der Waals surface area contributed by atoms with Gasteiger partial charge in [0.2, 0.25) is 0 Å². The number of nitrogens with one attached hydrogen (secondary N) is 1. The van der Waals surface area contributed by atoms with Crippen molar-refractivity contribution in [3.63, 3.8) is 0 Å². The van der Waals surface area contributed by atoms with E-state index in [1.807, 2.05) is 11.3 Å². The topological polar surface area (TPSA) is 38.0 Å². The Morgan fingerprint density at radius 3 is 2.73 bits per heavy atom. The lowest BCUT2D eigenvalue weighted by molar-refractivity contribution is 0.308. The van der Waals surface area contributed by atoms with Crippen LogP contribution in [0.3, 0.4) is 0 Å². The van der Waals surface area contributed by atoms with E-state index >= 15 is 0 Å². The maximum absolute atomic E-state index is 5.71. The largest absolute Gasteiger partial charge is 0.271 e. The molecule has 1 heterocycles. The second-order valence-corrected chi connectivity index (χ2v) is 5.98. The van der Waals surface area contributed by atoms with Crippen molar-refractivity contribution < 1.29 is 0 Å². The maximum atomic E-state index is 5.71. The van der Waals surface area contributed by atoms with Crippen molar-refractivity contribution in [2.24, 2.45) is 17.7 Å². The summed E-state index contributed by atoms with van der Waals surface area (Å²) in [4.78, 5) is 2.77. The molecule has 1 aromatic heterocycles. The number of aryl methyl sites for hydroxylation is 1. The van der Waals surface area contributed by atoms with Crippen molar-refractivity contribution >= 4 is 11.3 Å². The molecule has 15 heavy (non-hydrogen) atoms. The Labute approximate surface area is 95.8 Å². The van der Waals surface area contributed by atoms with Crippen molar-refractivity contribution in [1.29, 1.82) is 0 Å². The molecule has 3 atom stereocenters. The summed E-state index contributed by atoms with van der Waals surface area (Å²) in [5.74, 6) is 7.23. The molecule has 84 valence electrons. The van der Waals surface area contributed by atoms with Crippen LogP contribution in [0.5, 0.6) is 0 Å². The van der Waals surface area contributed by atoms with Crippen molar-refractivity contribution in [2.45, 2.75) is 39.2 Å². The zero-order chi connectivity index (χ0) is 10.8. The molecule has 1 aliphatic rings. The molecule has 1 aliphatic carbocycles. The molecular formula is C12H20N2S. The molecule has 2 rings (SSSR count). The van der Waals surface area contributed by atoms with E-state index in [1.54, 1.807) is 0 Å². The van der Waals surface area contributed by atoms with Crippen LogP contribution in [0.25, 0.3) is 0 Å². The average molecular weight is 224 g/mol. The lowest BCUT2D eigenvalue weighted by atomic mass is 9.90. The Hall–Kier alpha value is -0.380. The van der Waals surface area contributed by atoms with E-state index in [-0.39, 0.29) is 0 Å². The Balaban J connectivity index is 2.16. The van der Waals surface area contributed by atoms with Gasteiger partial charge in [0.1, 0.15) is 0 Å². The van der Waals surface area contributed by atoms with Gasteiger partial charge in [0.05, 0.1) is 6.04 Å². The van der Waals surface area contributed by atoms with Gasteiger partial charge in [-0.3, -0.25) is 11.3 Å². The van der Waals surface area contributed by atoms with Crippen LogP contribution in [0, 0.1) is 18.8 Å². The second-order valence-electron chi connectivity index (χ2n) is 4.66. The summed E-state index contributed by atoms with van der Waals surface area (Å²) in [7, 11) is 0. The summed E-state index contributed by atoms with van der Waals surface area (Å²) in [5.41, 5.74) is 3.01. The molecule has 0 aliphatic heterocycles. The van der Waals surface area contributed by atoms with Crippen molar-refractivity contribution in [2.75, 3.05) is 0 Å². The number of rotatable bonds is 3. The first-order valence-electron chi connectivity index (χ1n) is 5.75. The van der Waals surface area contributed by atoms with E-state index in [9.17, 15) is 0 Å². The number of hydrogen-bond donors (Lipinski definition) is 2. The van der Waals surface area contributed by atoms with Gasteiger partial charge in [0.15, 0.2) is 0 Å². The zero-order valence-corrected chi connectivity index (χ0v) is 10.3. The number of nitrogens with two attached hydrogens (primary N) is 1. The summed E-state index contributed by atoms with van der Waals surface area (Å²) in [6.45, 7) is 4.50. The van der Waals surface area contributed by atoms with Crippen molar-refractivity contribution in [1.82, 2.24) is 5.43 Å². The molecule has 3 N–H and O–H groups in total. The minimum absolute atomic E-state index is 0.362. The van der Waals surface area contributed by atoms with Crippen LogP contribution in [0.1, 0.15) is 42.0 Å². The summed E-state index contributed by atoms with van der Waals surface area (Å²) in [6, 6.07) is 4.76. The standard InChI is InChI=1S/C12H20N2S/c1-8-4-3-5-10(8)12(14-13)11-7-6-9(2)15-11/h6-8,10,12,14H,3-5,13H2,1-2H3. The molecule has 3 unspecified atom stereocenters. The molecule has 1 aromatic rings.